The van der Waals surface area contributed by atoms with Crippen molar-refractivity contribution in [3.05, 3.63) is 12.0 Å². The molecule has 0 spiro atoms. The normalized spacial score (nSPS) is 14.4. The number of carbonyl (C=O) groups is 1. The maximum Gasteiger partial charge on any atom is 0.224 e. The van der Waals surface area contributed by atoms with Gasteiger partial charge in [0.2, 0.25) is 11.9 Å². The first kappa shape index (κ1) is 14.5. The monoisotopic (exact) mass is 281 g/mol. The van der Waals surface area contributed by atoms with Gasteiger partial charge < -0.3 is 15.1 Å². The number of rotatable bonds is 5. The highest BCUT2D eigenvalue weighted by atomic mass is 19.1. The van der Waals surface area contributed by atoms with E-state index in [0.29, 0.717) is 18.9 Å². The van der Waals surface area contributed by atoms with Gasteiger partial charge in [-0.1, -0.05) is 0 Å². The first-order chi connectivity index (χ1) is 9.58. The molecule has 0 aromatic carbocycles. The number of carbonyl (C=O) groups excluding carboxylic acids is 1. The van der Waals surface area contributed by atoms with Crippen molar-refractivity contribution in [3.8, 4) is 0 Å². The number of nitrogens with zero attached hydrogens (tertiary/aromatic N) is 4. The van der Waals surface area contributed by atoms with Crippen molar-refractivity contribution in [3.63, 3.8) is 0 Å². The second-order valence-electron chi connectivity index (χ2n) is 5.02. The summed E-state index contributed by atoms with van der Waals surface area (Å²) in [5.74, 6) is 0.247. The molecule has 1 amide bonds. The third kappa shape index (κ3) is 3.55. The highest BCUT2D eigenvalue weighted by molar-refractivity contribution is 5.76. The predicted molar refractivity (Wildman–Crippen MR) is 75.2 cm³/mol. The number of nitrogens with one attached hydrogen (secondary N) is 1. The average Bonchev–Trinajstić information content (AvgIpc) is 2.94. The highest BCUT2D eigenvalue weighted by Crippen LogP contribution is 2.14. The molecular weight excluding hydrogens is 261 g/mol. The number of hydrogen-bond acceptors (Lipinski definition) is 5. The summed E-state index contributed by atoms with van der Waals surface area (Å²) < 4.78 is 13.4. The van der Waals surface area contributed by atoms with Crippen molar-refractivity contribution in [1.29, 1.82) is 0 Å². The van der Waals surface area contributed by atoms with Gasteiger partial charge in [-0.2, -0.15) is 4.98 Å². The minimum absolute atomic E-state index is 0.143. The highest BCUT2D eigenvalue weighted by Gasteiger charge is 2.17. The van der Waals surface area contributed by atoms with E-state index in [-0.39, 0.29) is 11.7 Å². The zero-order chi connectivity index (χ0) is 14.5. The van der Waals surface area contributed by atoms with Crippen molar-refractivity contribution in [1.82, 2.24) is 14.9 Å². The summed E-state index contributed by atoms with van der Waals surface area (Å²) >= 11 is 0. The van der Waals surface area contributed by atoms with Gasteiger partial charge in [0, 0.05) is 40.2 Å². The van der Waals surface area contributed by atoms with Crippen LogP contribution >= 0.6 is 0 Å². The Bertz CT molecular complexity index is 474. The standard InChI is InChI=1S/C13H20FN5O/c1-18(2)12-10(14)9-16-13(17-12)15-6-5-11(20)19-7-3-4-8-19/h9H,3-8H2,1-2H3,(H,15,16,17). The summed E-state index contributed by atoms with van der Waals surface area (Å²) in [5, 5.41) is 2.96. The van der Waals surface area contributed by atoms with Gasteiger partial charge in [0.15, 0.2) is 11.6 Å². The average molecular weight is 281 g/mol. The molecule has 0 saturated carbocycles. The Hall–Kier alpha value is -1.92. The maximum absolute atomic E-state index is 13.4. The van der Waals surface area contributed by atoms with Crippen LogP contribution in [0.15, 0.2) is 6.20 Å². The van der Waals surface area contributed by atoms with Gasteiger partial charge in [0.25, 0.3) is 0 Å². The van der Waals surface area contributed by atoms with Gasteiger partial charge in [0.1, 0.15) is 0 Å². The molecule has 0 bridgehead atoms. The molecule has 0 unspecified atom stereocenters. The van der Waals surface area contributed by atoms with Crippen LogP contribution in [0.2, 0.25) is 0 Å². The van der Waals surface area contributed by atoms with E-state index in [9.17, 15) is 9.18 Å². The van der Waals surface area contributed by atoms with Crippen LogP contribution in [0.4, 0.5) is 16.2 Å². The minimum Gasteiger partial charge on any atom is -0.360 e. The molecule has 0 radical (unpaired) electrons. The lowest BCUT2D eigenvalue weighted by Gasteiger charge is -2.16. The van der Waals surface area contributed by atoms with E-state index in [1.54, 1.807) is 19.0 Å². The molecule has 1 aliphatic heterocycles. The van der Waals surface area contributed by atoms with Crippen LogP contribution in [-0.2, 0) is 4.79 Å². The van der Waals surface area contributed by atoms with Crippen molar-refractivity contribution in [2.45, 2.75) is 19.3 Å². The lowest BCUT2D eigenvalue weighted by molar-refractivity contribution is -0.129. The Morgan fingerprint density at radius 1 is 1.45 bits per heavy atom. The van der Waals surface area contributed by atoms with E-state index >= 15 is 0 Å². The van der Waals surface area contributed by atoms with Crippen LogP contribution in [0, 0.1) is 5.82 Å². The lowest BCUT2D eigenvalue weighted by atomic mass is 10.3. The molecule has 6 nitrogen and oxygen atoms in total. The molecule has 1 saturated heterocycles. The zero-order valence-corrected chi connectivity index (χ0v) is 11.9. The number of aromatic nitrogens is 2. The topological polar surface area (TPSA) is 61.4 Å². The Labute approximate surface area is 118 Å². The van der Waals surface area contributed by atoms with Crippen LogP contribution in [0.3, 0.4) is 0 Å². The third-order valence-corrected chi connectivity index (χ3v) is 3.23. The lowest BCUT2D eigenvalue weighted by Crippen LogP contribution is -2.29. The molecule has 1 aliphatic rings. The summed E-state index contributed by atoms with van der Waals surface area (Å²) in [6.45, 7) is 2.17. The number of halogens is 1. The molecule has 1 aromatic rings. The van der Waals surface area contributed by atoms with Gasteiger partial charge in [-0.05, 0) is 12.8 Å². The fraction of sp³-hybridized carbons (Fsp3) is 0.615. The van der Waals surface area contributed by atoms with Crippen LogP contribution in [0.5, 0.6) is 0 Å². The molecular formula is C13H20FN5O. The molecule has 1 fully saturated rings. The number of hydrogen-bond donors (Lipinski definition) is 1. The second kappa shape index (κ2) is 6.49. The van der Waals surface area contributed by atoms with Crippen LogP contribution < -0.4 is 10.2 Å². The smallest absolute Gasteiger partial charge is 0.224 e. The largest absolute Gasteiger partial charge is 0.360 e. The molecule has 2 rings (SSSR count). The van der Waals surface area contributed by atoms with E-state index in [2.05, 4.69) is 15.3 Å². The van der Waals surface area contributed by atoms with E-state index in [4.69, 9.17) is 0 Å². The predicted octanol–water partition coefficient (Wildman–Crippen LogP) is 1.11. The Balaban J connectivity index is 1.84. The zero-order valence-electron chi connectivity index (χ0n) is 11.9. The van der Waals surface area contributed by atoms with E-state index in [1.807, 2.05) is 4.90 Å². The second-order valence-corrected chi connectivity index (χ2v) is 5.02. The molecule has 0 atom stereocenters. The third-order valence-electron chi connectivity index (χ3n) is 3.23. The summed E-state index contributed by atoms with van der Waals surface area (Å²) in [7, 11) is 3.43. The van der Waals surface area contributed by atoms with Gasteiger partial charge in [-0.25, -0.2) is 9.37 Å². The molecule has 0 aliphatic carbocycles. The summed E-state index contributed by atoms with van der Waals surface area (Å²) in [4.78, 5) is 23.2. The van der Waals surface area contributed by atoms with Crippen molar-refractivity contribution >= 4 is 17.7 Å². The Kier molecular flexibility index (Phi) is 4.70. The van der Waals surface area contributed by atoms with Gasteiger partial charge >= 0.3 is 0 Å². The van der Waals surface area contributed by atoms with Crippen LogP contribution in [0.1, 0.15) is 19.3 Å². The van der Waals surface area contributed by atoms with Crippen LogP contribution in [-0.4, -0.2) is 54.5 Å². The molecule has 2 heterocycles. The number of anilines is 2. The molecule has 7 heteroatoms. The first-order valence-corrected chi connectivity index (χ1v) is 6.79. The van der Waals surface area contributed by atoms with E-state index in [0.717, 1.165) is 32.1 Å². The van der Waals surface area contributed by atoms with Crippen molar-refractivity contribution in [2.24, 2.45) is 0 Å². The molecule has 110 valence electrons. The fourth-order valence-electron chi connectivity index (χ4n) is 2.16. The minimum atomic E-state index is -0.464. The quantitative estimate of drug-likeness (QED) is 0.876. The SMILES string of the molecule is CN(C)c1nc(NCCC(=O)N2CCCC2)ncc1F. The van der Waals surface area contributed by atoms with Crippen LogP contribution in [0.25, 0.3) is 0 Å². The summed E-state index contributed by atoms with van der Waals surface area (Å²) in [6.07, 6.45) is 3.71. The molecule has 1 aromatic heterocycles. The van der Waals surface area contributed by atoms with Gasteiger partial charge in [-0.3, -0.25) is 4.79 Å². The Morgan fingerprint density at radius 3 is 2.80 bits per heavy atom. The Morgan fingerprint density at radius 2 is 2.15 bits per heavy atom. The molecule has 20 heavy (non-hydrogen) atoms. The fourth-order valence-corrected chi connectivity index (χ4v) is 2.16. The summed E-state index contributed by atoms with van der Waals surface area (Å²) in [5.41, 5.74) is 0. The van der Waals surface area contributed by atoms with Gasteiger partial charge in [-0.15, -0.1) is 0 Å². The van der Waals surface area contributed by atoms with Crippen molar-refractivity contribution < 1.29 is 9.18 Å². The van der Waals surface area contributed by atoms with E-state index in [1.165, 1.54) is 0 Å². The number of amides is 1. The number of likely N-dealkylation sites (tertiary alicyclic amines) is 1. The van der Waals surface area contributed by atoms with Gasteiger partial charge in [0.05, 0.1) is 6.20 Å². The van der Waals surface area contributed by atoms with E-state index < -0.39 is 5.82 Å². The first-order valence-electron chi connectivity index (χ1n) is 6.79. The summed E-state index contributed by atoms with van der Waals surface area (Å²) in [6, 6.07) is 0. The van der Waals surface area contributed by atoms with Crippen molar-refractivity contribution in [2.75, 3.05) is 43.9 Å². The molecule has 1 N–H and O–H groups in total. The maximum atomic E-state index is 13.4.